The minimum Gasteiger partial charge on any atom is -0.234 e. The van der Waals surface area contributed by atoms with Crippen LogP contribution < -0.4 is 4.57 Å². The van der Waals surface area contributed by atoms with Crippen molar-refractivity contribution >= 4 is 0 Å². The van der Waals surface area contributed by atoms with E-state index in [2.05, 4.69) is 103 Å². The van der Waals surface area contributed by atoms with Crippen molar-refractivity contribution in [2.45, 2.75) is 245 Å². The van der Waals surface area contributed by atoms with Crippen LogP contribution in [0, 0.1) is 0 Å². The lowest BCUT2D eigenvalue weighted by Crippen LogP contribution is -2.38. The number of aryl methyl sites for hydroxylation is 1. The molecule has 1 heterocycles. The van der Waals surface area contributed by atoms with Crippen LogP contribution in [0.5, 0.6) is 0 Å². The zero-order chi connectivity index (χ0) is 38.9. The molecule has 0 aliphatic carbocycles. The van der Waals surface area contributed by atoms with Crippen LogP contribution in [0.2, 0.25) is 0 Å². The van der Waals surface area contributed by atoms with Gasteiger partial charge in [0.05, 0.1) is 12.6 Å². The molecule has 55 heavy (non-hydrogen) atoms. The van der Waals surface area contributed by atoms with Crippen molar-refractivity contribution in [1.82, 2.24) is 4.57 Å². The summed E-state index contributed by atoms with van der Waals surface area (Å²) in [5, 5.41) is 0. The highest BCUT2D eigenvalue weighted by atomic mass is 15.2. The van der Waals surface area contributed by atoms with Crippen LogP contribution >= 0.6 is 0 Å². The van der Waals surface area contributed by atoms with Gasteiger partial charge < -0.3 is 0 Å². The van der Waals surface area contributed by atoms with Crippen molar-refractivity contribution in [3.63, 3.8) is 0 Å². The number of imidazole rings is 1. The van der Waals surface area contributed by atoms with Crippen molar-refractivity contribution in [2.24, 2.45) is 0 Å². The maximum atomic E-state index is 2.68. The van der Waals surface area contributed by atoms with Crippen LogP contribution in [0.15, 0.2) is 73.1 Å². The highest BCUT2D eigenvalue weighted by Gasteiger charge is 2.23. The summed E-state index contributed by atoms with van der Waals surface area (Å²) in [7, 11) is 0. The van der Waals surface area contributed by atoms with Gasteiger partial charge in [-0.2, -0.15) is 0 Å². The van der Waals surface area contributed by atoms with Gasteiger partial charge in [-0.3, -0.25) is 0 Å². The van der Waals surface area contributed by atoms with Crippen LogP contribution in [-0.2, 0) is 19.4 Å². The highest BCUT2D eigenvalue weighted by Crippen LogP contribution is 2.27. The number of aromatic nitrogens is 2. The lowest BCUT2D eigenvalue weighted by atomic mass is 9.88. The average Bonchev–Trinajstić information content (AvgIpc) is 3.62. The Labute approximate surface area is 342 Å². The minimum atomic E-state index is 0.530. The number of unbranched alkanes of at least 4 members (excludes halogenated alkanes) is 26. The van der Waals surface area contributed by atoms with Crippen molar-refractivity contribution in [3.8, 4) is 0 Å². The largest absolute Gasteiger partial charge is 0.256 e. The number of nitrogens with zero attached hydrogens (tertiary/aromatic N) is 2. The molecule has 3 aromatic rings. The number of hydrogen-bond donors (Lipinski definition) is 0. The van der Waals surface area contributed by atoms with E-state index in [9.17, 15) is 0 Å². The fraction of sp³-hybridized carbons (Fsp3) is 0.717. The first-order valence-corrected chi connectivity index (χ1v) is 24.4. The molecular formula is C53H89N2+. The first kappa shape index (κ1) is 47.0. The second-order valence-corrected chi connectivity index (χ2v) is 17.5. The van der Waals surface area contributed by atoms with Gasteiger partial charge in [0.1, 0.15) is 12.4 Å². The van der Waals surface area contributed by atoms with Gasteiger partial charge in [-0.1, -0.05) is 235 Å². The molecule has 1 aromatic heterocycles. The first-order valence-electron chi connectivity index (χ1n) is 24.4. The molecule has 0 bridgehead atoms. The Kier molecular flexibility index (Phi) is 28.0. The fourth-order valence-corrected chi connectivity index (χ4v) is 8.91. The molecule has 310 valence electrons. The van der Waals surface area contributed by atoms with E-state index in [4.69, 9.17) is 0 Å². The Balaban J connectivity index is 1.44. The zero-order valence-electron chi connectivity index (χ0n) is 36.8. The van der Waals surface area contributed by atoms with E-state index in [0.717, 1.165) is 12.8 Å². The summed E-state index contributed by atoms with van der Waals surface area (Å²) >= 11 is 0. The molecule has 2 nitrogen and oxygen atoms in total. The lowest BCUT2D eigenvalue weighted by molar-refractivity contribution is -0.704. The molecule has 0 amide bonds. The molecule has 0 saturated heterocycles. The third kappa shape index (κ3) is 22.2. The van der Waals surface area contributed by atoms with Gasteiger partial charge in [0.15, 0.2) is 0 Å². The van der Waals surface area contributed by atoms with E-state index >= 15 is 0 Å². The Hall–Kier alpha value is -2.35. The Morgan fingerprint density at radius 2 is 0.891 bits per heavy atom. The number of rotatable bonds is 37. The van der Waals surface area contributed by atoms with Gasteiger partial charge in [0.2, 0.25) is 0 Å². The third-order valence-corrected chi connectivity index (χ3v) is 12.6. The number of benzene rings is 2. The van der Waals surface area contributed by atoms with Crippen molar-refractivity contribution in [3.05, 3.63) is 90.0 Å². The molecule has 0 N–H and O–H groups in total. The molecule has 3 rings (SSSR count). The summed E-state index contributed by atoms with van der Waals surface area (Å²) in [4.78, 5) is 0. The van der Waals surface area contributed by atoms with E-state index in [1.807, 2.05) is 0 Å². The molecule has 2 unspecified atom stereocenters. The van der Waals surface area contributed by atoms with Crippen molar-refractivity contribution < 1.29 is 4.57 Å². The first-order chi connectivity index (χ1) is 27.2. The average molecular weight is 754 g/mol. The van der Waals surface area contributed by atoms with Crippen molar-refractivity contribution in [2.75, 3.05) is 0 Å². The van der Waals surface area contributed by atoms with E-state index in [1.54, 1.807) is 5.82 Å². The molecule has 2 aromatic carbocycles. The normalized spacial score (nSPS) is 12.7. The standard InChI is InChI=1S/C53H89N2/c1-4-6-8-10-12-14-16-18-19-21-23-25-27-29-37-45-54-46-47-55(49(3)38-32-28-26-24-22-20-17-15-13-11-9-7-5-2)53(54)44-43-52(51-41-35-31-36-42-51)48-50-39-33-30-34-40-50/h30-31,33-36,39-42,46-47,49,52H,4-29,32,37-38,43-45,48H2,1-3H3/q+1. The molecule has 2 atom stereocenters. The third-order valence-electron chi connectivity index (χ3n) is 12.6. The summed E-state index contributed by atoms with van der Waals surface area (Å²) in [6.45, 7) is 8.28. The molecule has 0 aliphatic rings. The van der Waals surface area contributed by atoms with Gasteiger partial charge in [0, 0.05) is 6.42 Å². The minimum absolute atomic E-state index is 0.530. The van der Waals surface area contributed by atoms with Gasteiger partial charge in [-0.05, 0) is 62.5 Å². The number of hydrogen-bond acceptors (Lipinski definition) is 0. The van der Waals surface area contributed by atoms with Gasteiger partial charge in [-0.25, -0.2) is 9.13 Å². The highest BCUT2D eigenvalue weighted by molar-refractivity contribution is 5.24. The maximum Gasteiger partial charge on any atom is 0.256 e. The maximum absolute atomic E-state index is 2.68. The van der Waals surface area contributed by atoms with Crippen LogP contribution in [0.25, 0.3) is 0 Å². The van der Waals surface area contributed by atoms with Crippen LogP contribution in [0.4, 0.5) is 0 Å². The predicted molar refractivity (Wildman–Crippen MR) is 242 cm³/mol. The smallest absolute Gasteiger partial charge is 0.234 e. The van der Waals surface area contributed by atoms with Gasteiger partial charge >= 0.3 is 0 Å². The van der Waals surface area contributed by atoms with Gasteiger partial charge in [-0.15, -0.1) is 0 Å². The zero-order valence-corrected chi connectivity index (χ0v) is 36.8. The molecule has 0 saturated carbocycles. The predicted octanol–water partition coefficient (Wildman–Crippen LogP) is 16.6. The summed E-state index contributed by atoms with van der Waals surface area (Å²) < 4.78 is 5.32. The van der Waals surface area contributed by atoms with E-state index in [-0.39, 0.29) is 0 Å². The second-order valence-electron chi connectivity index (χ2n) is 17.5. The summed E-state index contributed by atoms with van der Waals surface area (Å²) in [5.41, 5.74) is 2.94. The Morgan fingerprint density at radius 3 is 1.36 bits per heavy atom. The molecule has 2 heteroatoms. The van der Waals surface area contributed by atoms with E-state index in [0.29, 0.717) is 12.0 Å². The summed E-state index contributed by atoms with van der Waals surface area (Å²) in [6, 6.07) is 23.1. The molecule has 0 spiro atoms. The Morgan fingerprint density at radius 1 is 0.473 bits per heavy atom. The molecule has 0 aliphatic heterocycles. The van der Waals surface area contributed by atoms with Crippen molar-refractivity contribution in [1.29, 1.82) is 0 Å². The monoisotopic (exact) mass is 754 g/mol. The summed E-state index contributed by atoms with van der Waals surface area (Å²) in [5.74, 6) is 2.09. The lowest BCUT2D eigenvalue weighted by Gasteiger charge is -2.18. The quantitative estimate of drug-likeness (QED) is 0.0409. The van der Waals surface area contributed by atoms with Crippen LogP contribution in [0.3, 0.4) is 0 Å². The summed E-state index contributed by atoms with van der Waals surface area (Å²) in [6.07, 6.45) is 49.5. The molecular weight excluding hydrogens is 665 g/mol. The SMILES string of the molecule is CCCCCCCCCCCCCCCCC[n+]1ccn(C(C)CCCCCCCCCCCCCCC)c1CCC(Cc1ccccc1)c1ccccc1. The van der Waals surface area contributed by atoms with E-state index in [1.165, 1.54) is 210 Å². The molecule has 0 radical (unpaired) electrons. The second kappa shape index (κ2) is 32.7. The van der Waals surface area contributed by atoms with Crippen LogP contribution in [0.1, 0.15) is 242 Å². The molecule has 0 fully saturated rings. The topological polar surface area (TPSA) is 8.81 Å². The van der Waals surface area contributed by atoms with Crippen LogP contribution in [-0.4, -0.2) is 4.57 Å². The van der Waals surface area contributed by atoms with E-state index < -0.39 is 0 Å². The van der Waals surface area contributed by atoms with Gasteiger partial charge in [0.25, 0.3) is 5.82 Å². The Bertz CT molecular complexity index is 1250. The fourth-order valence-electron chi connectivity index (χ4n) is 8.91.